The number of halogens is 3. The Morgan fingerprint density at radius 3 is 2.55 bits per heavy atom. The Morgan fingerprint density at radius 2 is 1.81 bits per heavy atom. The van der Waals surface area contributed by atoms with Crippen LogP contribution in [0.15, 0.2) is 24.3 Å². The number of benzene rings is 1. The number of hydrogen-bond acceptors (Lipinski definition) is 4. The second-order valence-electron chi connectivity index (χ2n) is 10.1. The van der Waals surface area contributed by atoms with E-state index >= 15 is 0 Å². The Kier molecular flexibility index (Phi) is 5.40. The van der Waals surface area contributed by atoms with E-state index in [1.54, 1.807) is 12.1 Å². The normalized spacial score (nSPS) is 42.2. The Balaban J connectivity index is 1.28. The maximum atomic E-state index is 12.8. The Hall–Kier alpha value is -1.15. The lowest BCUT2D eigenvalue weighted by atomic mass is 9.57. The second-order valence-corrected chi connectivity index (χ2v) is 10.1. The van der Waals surface area contributed by atoms with Crippen LogP contribution in [0, 0.1) is 23.7 Å². The van der Waals surface area contributed by atoms with Gasteiger partial charge in [0.25, 0.3) is 0 Å². The third-order valence-corrected chi connectivity index (χ3v) is 8.13. The zero-order chi connectivity index (χ0) is 21.9. The van der Waals surface area contributed by atoms with Crippen molar-refractivity contribution in [3.05, 3.63) is 35.4 Å². The number of fused-ring (bicyclic) bond motifs is 2. The summed E-state index contributed by atoms with van der Waals surface area (Å²) >= 11 is 0. The predicted octanol–water partition coefficient (Wildman–Crippen LogP) is 5.89. The molecule has 0 amide bonds. The molecule has 5 aliphatic rings. The molecule has 4 nitrogen and oxygen atoms in total. The maximum Gasteiger partial charge on any atom is 0.416 e. The summed E-state index contributed by atoms with van der Waals surface area (Å²) < 4.78 is 50.9. The first-order chi connectivity index (χ1) is 14.7. The minimum Gasteiger partial charge on any atom is -0.349 e. The van der Waals surface area contributed by atoms with Gasteiger partial charge in [-0.1, -0.05) is 19.1 Å². The predicted molar refractivity (Wildman–Crippen MR) is 107 cm³/mol. The van der Waals surface area contributed by atoms with Crippen LogP contribution in [0.1, 0.15) is 63.5 Å². The molecule has 1 aromatic rings. The van der Waals surface area contributed by atoms with Crippen molar-refractivity contribution in [2.45, 2.75) is 82.6 Å². The highest BCUT2D eigenvalue weighted by molar-refractivity contribution is 5.24. The van der Waals surface area contributed by atoms with E-state index in [0.29, 0.717) is 30.3 Å². The van der Waals surface area contributed by atoms with Gasteiger partial charge >= 0.3 is 6.18 Å². The molecule has 1 spiro atoms. The molecule has 2 bridgehead atoms. The van der Waals surface area contributed by atoms with Crippen LogP contribution >= 0.6 is 0 Å². The number of ether oxygens (including phenoxy) is 2. The SMILES string of the molecule is C[C@@H]1CC[C@H]2[C@@H](CCCc3ccc(C(F)(F)F)cc3)COC3O[C@@]4(C)CC[C@@H]1[C@]32OO4. The van der Waals surface area contributed by atoms with Gasteiger partial charge in [0, 0.05) is 12.3 Å². The van der Waals surface area contributed by atoms with Gasteiger partial charge in [0.05, 0.1) is 12.2 Å². The fourth-order valence-corrected chi connectivity index (χ4v) is 6.44. The van der Waals surface area contributed by atoms with Crippen molar-refractivity contribution in [2.75, 3.05) is 6.61 Å². The van der Waals surface area contributed by atoms with Crippen molar-refractivity contribution in [3.63, 3.8) is 0 Å². The molecule has 0 N–H and O–H groups in total. The Bertz CT molecular complexity index is 797. The van der Waals surface area contributed by atoms with E-state index in [1.807, 2.05) is 6.92 Å². The maximum absolute atomic E-state index is 12.8. The lowest BCUT2D eigenvalue weighted by Gasteiger charge is -2.59. The molecule has 1 unspecified atom stereocenters. The molecule has 7 heteroatoms. The van der Waals surface area contributed by atoms with Gasteiger partial charge in [0.2, 0.25) is 5.79 Å². The summed E-state index contributed by atoms with van der Waals surface area (Å²) in [6.07, 6.45) is 1.95. The summed E-state index contributed by atoms with van der Waals surface area (Å²) in [5.41, 5.74) is -0.216. The molecule has 5 fully saturated rings. The largest absolute Gasteiger partial charge is 0.416 e. The summed E-state index contributed by atoms with van der Waals surface area (Å²) in [5.74, 6) is 0.768. The van der Waals surface area contributed by atoms with E-state index < -0.39 is 29.4 Å². The monoisotopic (exact) mass is 440 g/mol. The molecule has 31 heavy (non-hydrogen) atoms. The van der Waals surface area contributed by atoms with E-state index in [0.717, 1.165) is 44.1 Å². The minimum absolute atomic E-state index is 0.308. The molecule has 0 aromatic heterocycles. The van der Waals surface area contributed by atoms with Gasteiger partial charge in [0.1, 0.15) is 0 Å². The zero-order valence-corrected chi connectivity index (χ0v) is 18.1. The van der Waals surface area contributed by atoms with Crippen molar-refractivity contribution in [3.8, 4) is 0 Å². The molecule has 0 radical (unpaired) electrons. The average molecular weight is 441 g/mol. The lowest BCUT2D eigenvalue weighted by molar-refractivity contribution is -0.567. The van der Waals surface area contributed by atoms with Crippen LogP contribution in [0.4, 0.5) is 13.2 Å². The number of hydrogen-bond donors (Lipinski definition) is 0. The van der Waals surface area contributed by atoms with Crippen LogP contribution in [-0.2, 0) is 31.8 Å². The first-order valence-corrected chi connectivity index (χ1v) is 11.5. The first kappa shape index (κ1) is 21.7. The third kappa shape index (κ3) is 3.71. The number of rotatable bonds is 4. The van der Waals surface area contributed by atoms with Crippen molar-refractivity contribution < 1.29 is 32.4 Å². The van der Waals surface area contributed by atoms with E-state index in [2.05, 4.69) is 6.92 Å². The lowest BCUT2D eigenvalue weighted by Crippen LogP contribution is -2.69. The van der Waals surface area contributed by atoms with Crippen molar-refractivity contribution in [1.29, 1.82) is 0 Å². The quantitative estimate of drug-likeness (QED) is 0.547. The van der Waals surface area contributed by atoms with Crippen LogP contribution in [0.3, 0.4) is 0 Å². The molecule has 172 valence electrons. The smallest absolute Gasteiger partial charge is 0.349 e. The van der Waals surface area contributed by atoms with Crippen LogP contribution in [0.25, 0.3) is 0 Å². The number of aryl methyl sites for hydroxylation is 1. The fourth-order valence-electron chi connectivity index (χ4n) is 6.44. The highest BCUT2D eigenvalue weighted by Crippen LogP contribution is 2.60. The molecule has 6 rings (SSSR count). The van der Waals surface area contributed by atoms with Gasteiger partial charge in [-0.15, -0.1) is 0 Å². The van der Waals surface area contributed by atoms with Crippen molar-refractivity contribution >= 4 is 0 Å². The molecular weight excluding hydrogens is 409 g/mol. The minimum atomic E-state index is -4.29. The average Bonchev–Trinajstić information content (AvgIpc) is 2.96. The van der Waals surface area contributed by atoms with Gasteiger partial charge in [-0.2, -0.15) is 13.2 Å². The van der Waals surface area contributed by atoms with Crippen LogP contribution in [-0.4, -0.2) is 24.3 Å². The van der Waals surface area contributed by atoms with Gasteiger partial charge in [-0.3, -0.25) is 0 Å². The van der Waals surface area contributed by atoms with Crippen LogP contribution in [0.5, 0.6) is 0 Å². The van der Waals surface area contributed by atoms with Crippen molar-refractivity contribution in [1.82, 2.24) is 0 Å². The zero-order valence-electron chi connectivity index (χ0n) is 18.1. The summed E-state index contributed by atoms with van der Waals surface area (Å²) in [4.78, 5) is 12.0. The van der Waals surface area contributed by atoms with Gasteiger partial charge in [0.15, 0.2) is 11.9 Å². The van der Waals surface area contributed by atoms with Crippen molar-refractivity contribution in [2.24, 2.45) is 23.7 Å². The highest BCUT2D eigenvalue weighted by atomic mass is 19.4. The fraction of sp³-hybridized carbons (Fsp3) is 0.750. The summed E-state index contributed by atoms with van der Waals surface area (Å²) in [6, 6.07) is 5.52. The van der Waals surface area contributed by atoms with E-state index in [-0.39, 0.29) is 0 Å². The second kappa shape index (κ2) is 7.72. The highest BCUT2D eigenvalue weighted by Gasteiger charge is 2.68. The van der Waals surface area contributed by atoms with E-state index in [4.69, 9.17) is 19.2 Å². The standard InChI is InChI=1S/C24H31F3O4/c1-15-6-11-20-17(5-3-4-16-7-9-18(10-8-16)24(25,26)27)14-28-21-23(20)19(15)12-13-22(2,29-21)30-31-23/h7-10,15,17,19-21H,3-6,11-14H2,1-2H3/t15-,17+,19+,20+,21?,22-,23-/m1/s1. The summed E-state index contributed by atoms with van der Waals surface area (Å²) in [6.45, 7) is 4.85. The van der Waals surface area contributed by atoms with Gasteiger partial charge in [-0.05, 0) is 80.9 Å². The van der Waals surface area contributed by atoms with Crippen LogP contribution < -0.4 is 0 Å². The Morgan fingerprint density at radius 1 is 1.03 bits per heavy atom. The topological polar surface area (TPSA) is 36.9 Å². The molecule has 4 heterocycles. The van der Waals surface area contributed by atoms with E-state index in [1.165, 1.54) is 18.6 Å². The molecule has 1 aliphatic carbocycles. The summed E-state index contributed by atoms with van der Waals surface area (Å²) in [5, 5.41) is 0. The molecular formula is C24H31F3O4. The summed E-state index contributed by atoms with van der Waals surface area (Å²) in [7, 11) is 0. The molecule has 4 saturated heterocycles. The molecule has 4 aliphatic heterocycles. The van der Waals surface area contributed by atoms with Gasteiger partial charge < -0.3 is 9.47 Å². The molecule has 1 aromatic carbocycles. The van der Waals surface area contributed by atoms with Gasteiger partial charge in [-0.25, -0.2) is 9.78 Å². The molecule has 1 saturated carbocycles. The Labute approximate surface area is 181 Å². The molecule has 7 atom stereocenters. The van der Waals surface area contributed by atoms with Crippen LogP contribution in [0.2, 0.25) is 0 Å². The number of alkyl halides is 3. The first-order valence-electron chi connectivity index (χ1n) is 11.5. The third-order valence-electron chi connectivity index (χ3n) is 8.13. The van der Waals surface area contributed by atoms with E-state index in [9.17, 15) is 13.2 Å².